The molecule has 1 rings (SSSR count). The molecule has 0 aromatic rings. The smallest absolute Gasteiger partial charge is 0.328 e. The Labute approximate surface area is 112 Å². The molecule has 19 heavy (non-hydrogen) atoms. The molecule has 0 spiro atoms. The van der Waals surface area contributed by atoms with Crippen LogP contribution in [0.25, 0.3) is 0 Å². The molecule has 6 nitrogen and oxygen atoms in total. The zero-order chi connectivity index (χ0) is 14.5. The molecule has 1 amide bonds. The summed E-state index contributed by atoms with van der Waals surface area (Å²) < 4.78 is 10.5. The van der Waals surface area contributed by atoms with Crippen LogP contribution < -0.4 is 5.48 Å². The fourth-order valence-corrected chi connectivity index (χ4v) is 1.89. The van der Waals surface area contributed by atoms with E-state index in [-0.39, 0.29) is 12.7 Å². The molecule has 2 atom stereocenters. The minimum Gasteiger partial charge on any atom is -0.465 e. The number of esters is 1. The first-order valence-corrected chi connectivity index (χ1v) is 6.12. The number of rotatable bonds is 5. The van der Waals surface area contributed by atoms with Gasteiger partial charge in [0.1, 0.15) is 6.10 Å². The van der Waals surface area contributed by atoms with E-state index in [1.54, 1.807) is 39.0 Å². The van der Waals surface area contributed by atoms with Gasteiger partial charge in [0.25, 0.3) is 5.91 Å². The first kappa shape index (κ1) is 15.4. The first-order chi connectivity index (χ1) is 8.98. The summed E-state index contributed by atoms with van der Waals surface area (Å²) in [4.78, 5) is 24.1. The van der Waals surface area contributed by atoms with Crippen molar-refractivity contribution in [1.82, 2.24) is 5.48 Å². The standard InChI is InChI=1S/C13H19NO5/c1-4-18-12(16)13(11(15)14-17)8-6-5-7-10(13)19-9(2)3/h5-10,17H,4H2,1-3H3,(H,14,15). The fraction of sp³-hybridized carbons (Fsp3) is 0.538. The number of hydroxylamine groups is 1. The Morgan fingerprint density at radius 2 is 2.11 bits per heavy atom. The summed E-state index contributed by atoms with van der Waals surface area (Å²) in [6, 6.07) is 0. The van der Waals surface area contributed by atoms with Crippen molar-refractivity contribution in [3.05, 3.63) is 24.3 Å². The third kappa shape index (κ3) is 3.02. The van der Waals surface area contributed by atoms with Crippen LogP contribution in [0.5, 0.6) is 0 Å². The SMILES string of the molecule is CCOC(=O)C1(C(=O)NO)C=CC=CC1OC(C)C. The molecule has 2 N–H and O–H groups in total. The average Bonchev–Trinajstić information content (AvgIpc) is 2.38. The predicted octanol–water partition coefficient (Wildman–Crippen LogP) is 0.961. The minimum absolute atomic E-state index is 0.130. The lowest BCUT2D eigenvalue weighted by atomic mass is 9.78. The molecule has 1 aliphatic carbocycles. The van der Waals surface area contributed by atoms with E-state index in [0.717, 1.165) is 0 Å². The molecule has 0 saturated carbocycles. The van der Waals surface area contributed by atoms with Crippen molar-refractivity contribution in [2.75, 3.05) is 6.61 Å². The highest BCUT2D eigenvalue weighted by Crippen LogP contribution is 2.33. The van der Waals surface area contributed by atoms with Crippen LogP contribution in [0, 0.1) is 5.41 Å². The summed E-state index contributed by atoms with van der Waals surface area (Å²) in [5, 5.41) is 8.90. The van der Waals surface area contributed by atoms with Crippen molar-refractivity contribution in [1.29, 1.82) is 0 Å². The Morgan fingerprint density at radius 3 is 2.63 bits per heavy atom. The van der Waals surface area contributed by atoms with Gasteiger partial charge >= 0.3 is 5.97 Å². The van der Waals surface area contributed by atoms with Gasteiger partial charge in [-0.1, -0.05) is 24.3 Å². The Bertz CT molecular complexity index is 402. The molecule has 0 radical (unpaired) electrons. The molecule has 6 heteroatoms. The number of allylic oxidation sites excluding steroid dienone is 2. The number of carbonyl (C=O) groups excluding carboxylic acids is 2. The average molecular weight is 269 g/mol. The van der Waals surface area contributed by atoms with Crippen LogP contribution in [0.2, 0.25) is 0 Å². The van der Waals surface area contributed by atoms with Crippen LogP contribution in [0.1, 0.15) is 20.8 Å². The molecule has 2 unspecified atom stereocenters. The van der Waals surface area contributed by atoms with E-state index < -0.39 is 23.4 Å². The van der Waals surface area contributed by atoms with E-state index in [1.807, 2.05) is 0 Å². The maximum Gasteiger partial charge on any atom is 0.328 e. The Balaban J connectivity index is 3.18. The van der Waals surface area contributed by atoms with Crippen molar-refractivity contribution in [3.63, 3.8) is 0 Å². The van der Waals surface area contributed by atoms with Gasteiger partial charge in [0.05, 0.1) is 12.7 Å². The predicted molar refractivity (Wildman–Crippen MR) is 67.3 cm³/mol. The van der Waals surface area contributed by atoms with E-state index in [0.29, 0.717) is 0 Å². The van der Waals surface area contributed by atoms with Gasteiger partial charge in [0, 0.05) is 0 Å². The molecule has 0 aliphatic heterocycles. The van der Waals surface area contributed by atoms with Gasteiger partial charge in [-0.05, 0) is 20.8 Å². The largest absolute Gasteiger partial charge is 0.465 e. The fourth-order valence-electron chi connectivity index (χ4n) is 1.89. The van der Waals surface area contributed by atoms with Gasteiger partial charge < -0.3 is 9.47 Å². The highest BCUT2D eigenvalue weighted by molar-refractivity contribution is 6.05. The maximum absolute atomic E-state index is 12.2. The molecule has 1 aliphatic rings. The molecular weight excluding hydrogens is 250 g/mol. The van der Waals surface area contributed by atoms with Crippen molar-refractivity contribution >= 4 is 11.9 Å². The van der Waals surface area contributed by atoms with Gasteiger partial charge in [-0.3, -0.25) is 14.8 Å². The zero-order valence-electron chi connectivity index (χ0n) is 11.3. The third-order valence-electron chi connectivity index (χ3n) is 2.71. The molecule has 0 saturated heterocycles. The number of nitrogens with one attached hydrogen (secondary N) is 1. The molecule has 0 aromatic carbocycles. The van der Waals surface area contributed by atoms with E-state index in [4.69, 9.17) is 14.7 Å². The first-order valence-electron chi connectivity index (χ1n) is 6.12. The summed E-state index contributed by atoms with van der Waals surface area (Å²) in [6.07, 6.45) is 5.17. The molecular formula is C13H19NO5. The van der Waals surface area contributed by atoms with Crippen LogP contribution in [-0.4, -0.2) is 35.9 Å². The van der Waals surface area contributed by atoms with Crippen LogP contribution >= 0.6 is 0 Å². The van der Waals surface area contributed by atoms with Crippen molar-refractivity contribution in [2.24, 2.45) is 5.41 Å². The Hall–Kier alpha value is -1.66. The van der Waals surface area contributed by atoms with Crippen molar-refractivity contribution < 1.29 is 24.3 Å². The Kier molecular flexibility index (Phi) is 5.26. The highest BCUT2D eigenvalue weighted by Gasteiger charge is 2.52. The second-order valence-corrected chi connectivity index (χ2v) is 4.38. The second kappa shape index (κ2) is 6.49. The number of hydrogen-bond donors (Lipinski definition) is 2. The van der Waals surface area contributed by atoms with Crippen LogP contribution in [-0.2, 0) is 19.1 Å². The normalized spacial score (nSPS) is 25.4. The summed E-state index contributed by atoms with van der Waals surface area (Å²) in [5.41, 5.74) is -0.191. The minimum atomic E-state index is -1.70. The number of hydrogen-bond acceptors (Lipinski definition) is 5. The van der Waals surface area contributed by atoms with E-state index >= 15 is 0 Å². The van der Waals surface area contributed by atoms with E-state index in [1.165, 1.54) is 11.6 Å². The molecule has 106 valence electrons. The second-order valence-electron chi connectivity index (χ2n) is 4.38. The lowest BCUT2D eigenvalue weighted by molar-refractivity contribution is -0.169. The van der Waals surface area contributed by atoms with Crippen molar-refractivity contribution in [2.45, 2.75) is 33.0 Å². The van der Waals surface area contributed by atoms with E-state index in [9.17, 15) is 9.59 Å². The van der Waals surface area contributed by atoms with Gasteiger partial charge in [-0.15, -0.1) is 0 Å². The summed E-state index contributed by atoms with van der Waals surface area (Å²) in [6.45, 7) is 5.35. The number of carbonyl (C=O) groups is 2. The third-order valence-corrected chi connectivity index (χ3v) is 2.71. The summed E-state index contributed by atoms with van der Waals surface area (Å²) in [7, 11) is 0. The van der Waals surface area contributed by atoms with Crippen LogP contribution in [0.4, 0.5) is 0 Å². The Morgan fingerprint density at radius 1 is 1.42 bits per heavy atom. The van der Waals surface area contributed by atoms with E-state index in [2.05, 4.69) is 0 Å². The van der Waals surface area contributed by atoms with Gasteiger partial charge in [0.2, 0.25) is 0 Å². The molecule has 0 bridgehead atoms. The number of ether oxygens (including phenoxy) is 2. The monoisotopic (exact) mass is 269 g/mol. The van der Waals surface area contributed by atoms with Gasteiger partial charge in [-0.2, -0.15) is 0 Å². The van der Waals surface area contributed by atoms with Crippen LogP contribution in [0.15, 0.2) is 24.3 Å². The van der Waals surface area contributed by atoms with Gasteiger partial charge in [-0.25, -0.2) is 5.48 Å². The summed E-state index contributed by atoms with van der Waals surface area (Å²) in [5.74, 6) is -1.63. The molecule has 0 heterocycles. The maximum atomic E-state index is 12.2. The number of amides is 1. The molecule has 0 aromatic heterocycles. The lowest BCUT2D eigenvalue weighted by Crippen LogP contribution is -2.54. The summed E-state index contributed by atoms with van der Waals surface area (Å²) >= 11 is 0. The quantitative estimate of drug-likeness (QED) is 0.336. The van der Waals surface area contributed by atoms with Crippen LogP contribution in [0.3, 0.4) is 0 Å². The molecule has 0 fully saturated rings. The lowest BCUT2D eigenvalue weighted by Gasteiger charge is -2.34. The highest BCUT2D eigenvalue weighted by atomic mass is 16.5. The van der Waals surface area contributed by atoms with Crippen molar-refractivity contribution in [3.8, 4) is 0 Å². The zero-order valence-corrected chi connectivity index (χ0v) is 11.3. The van der Waals surface area contributed by atoms with Gasteiger partial charge in [0.15, 0.2) is 5.41 Å². The topological polar surface area (TPSA) is 84.9 Å².